The lowest BCUT2D eigenvalue weighted by molar-refractivity contribution is 0.0691. The molecule has 0 aliphatic carbocycles. The molecule has 1 heterocycles. The van der Waals surface area contributed by atoms with E-state index in [4.69, 9.17) is 0 Å². The van der Waals surface area contributed by atoms with Gasteiger partial charge >= 0.3 is 0 Å². The smallest absolute Gasteiger partial charge is 0.253 e. The fraction of sp³-hybridized carbons (Fsp3) is 0.588. The van der Waals surface area contributed by atoms with Gasteiger partial charge in [0, 0.05) is 18.7 Å². The maximum Gasteiger partial charge on any atom is 0.253 e. The van der Waals surface area contributed by atoms with Crippen molar-refractivity contribution in [2.24, 2.45) is 5.92 Å². The third-order valence-corrected chi connectivity index (χ3v) is 4.13. The van der Waals surface area contributed by atoms with E-state index in [2.05, 4.69) is 24.4 Å². The molecule has 1 amide bonds. The van der Waals surface area contributed by atoms with Crippen LogP contribution in [0.5, 0.6) is 0 Å². The van der Waals surface area contributed by atoms with Gasteiger partial charge in [0.15, 0.2) is 0 Å². The molecule has 0 saturated carbocycles. The molecule has 0 bridgehead atoms. The zero-order chi connectivity index (χ0) is 14.4. The first-order valence-corrected chi connectivity index (χ1v) is 7.77. The standard InChI is InChI=1S/C17H26N2O.ClH/c1-3-4-14-5-7-16(8-6-14)17(20)19-11-9-15(10-12-19)13-18-2;/h5-8,15,18H,3-4,9-13H2,1-2H3;1H. The Morgan fingerprint density at radius 2 is 1.86 bits per heavy atom. The summed E-state index contributed by atoms with van der Waals surface area (Å²) in [4.78, 5) is 14.4. The Hall–Kier alpha value is -1.06. The lowest BCUT2D eigenvalue weighted by Crippen LogP contribution is -2.40. The van der Waals surface area contributed by atoms with Gasteiger partial charge in [-0.05, 0) is 56.5 Å². The van der Waals surface area contributed by atoms with Crippen molar-refractivity contribution in [2.45, 2.75) is 32.6 Å². The third-order valence-electron chi connectivity index (χ3n) is 4.13. The summed E-state index contributed by atoms with van der Waals surface area (Å²) >= 11 is 0. The molecule has 1 aromatic rings. The molecular formula is C17H27ClN2O. The molecule has 0 aromatic heterocycles. The zero-order valence-corrected chi connectivity index (χ0v) is 13.9. The molecule has 1 aromatic carbocycles. The molecule has 0 atom stereocenters. The lowest BCUT2D eigenvalue weighted by Gasteiger charge is -2.32. The Balaban J connectivity index is 0.00000220. The first-order chi connectivity index (χ1) is 9.74. The van der Waals surface area contributed by atoms with Crippen molar-refractivity contribution in [1.82, 2.24) is 10.2 Å². The number of carbonyl (C=O) groups is 1. The topological polar surface area (TPSA) is 32.3 Å². The number of benzene rings is 1. The molecule has 0 radical (unpaired) electrons. The summed E-state index contributed by atoms with van der Waals surface area (Å²) in [6.07, 6.45) is 4.46. The summed E-state index contributed by atoms with van der Waals surface area (Å²) in [5.74, 6) is 0.909. The van der Waals surface area contributed by atoms with E-state index in [0.717, 1.165) is 56.8 Å². The van der Waals surface area contributed by atoms with Crippen molar-refractivity contribution in [1.29, 1.82) is 0 Å². The average Bonchev–Trinajstić information content (AvgIpc) is 2.49. The van der Waals surface area contributed by atoms with E-state index in [9.17, 15) is 4.79 Å². The van der Waals surface area contributed by atoms with Crippen LogP contribution in [0.25, 0.3) is 0 Å². The van der Waals surface area contributed by atoms with E-state index in [0.29, 0.717) is 0 Å². The fourth-order valence-corrected chi connectivity index (χ4v) is 2.91. The molecule has 4 heteroatoms. The number of rotatable bonds is 5. The van der Waals surface area contributed by atoms with Crippen molar-refractivity contribution in [3.05, 3.63) is 35.4 Å². The number of aryl methyl sites for hydroxylation is 1. The van der Waals surface area contributed by atoms with Gasteiger partial charge in [-0.2, -0.15) is 0 Å². The Labute approximate surface area is 134 Å². The summed E-state index contributed by atoms with van der Waals surface area (Å²) in [6, 6.07) is 8.13. The molecule has 0 spiro atoms. The number of carbonyl (C=O) groups excluding carboxylic acids is 1. The van der Waals surface area contributed by atoms with Crippen molar-refractivity contribution in [3.63, 3.8) is 0 Å². The highest BCUT2D eigenvalue weighted by molar-refractivity contribution is 5.94. The number of piperidine rings is 1. The quantitative estimate of drug-likeness (QED) is 0.906. The highest BCUT2D eigenvalue weighted by atomic mass is 35.5. The molecule has 1 aliphatic rings. The van der Waals surface area contributed by atoms with Crippen LogP contribution in [0.4, 0.5) is 0 Å². The van der Waals surface area contributed by atoms with Gasteiger partial charge in [0.05, 0.1) is 0 Å². The van der Waals surface area contributed by atoms with Gasteiger partial charge in [0.25, 0.3) is 5.91 Å². The molecule has 0 unspecified atom stereocenters. The number of likely N-dealkylation sites (tertiary alicyclic amines) is 1. The van der Waals surface area contributed by atoms with Crippen LogP contribution in [0.2, 0.25) is 0 Å². The van der Waals surface area contributed by atoms with Crippen LogP contribution in [0, 0.1) is 5.92 Å². The average molecular weight is 311 g/mol. The SMILES string of the molecule is CCCc1ccc(C(=O)N2CCC(CNC)CC2)cc1.Cl. The lowest BCUT2D eigenvalue weighted by atomic mass is 9.96. The summed E-state index contributed by atoms with van der Waals surface area (Å²) < 4.78 is 0. The first kappa shape index (κ1) is 18.0. The second kappa shape index (κ2) is 9.06. The maximum absolute atomic E-state index is 12.4. The summed E-state index contributed by atoms with van der Waals surface area (Å²) in [5.41, 5.74) is 2.15. The van der Waals surface area contributed by atoms with Crippen LogP contribution < -0.4 is 5.32 Å². The Bertz CT molecular complexity index is 425. The van der Waals surface area contributed by atoms with E-state index < -0.39 is 0 Å². The second-order valence-corrected chi connectivity index (χ2v) is 5.74. The van der Waals surface area contributed by atoms with Gasteiger partial charge in [-0.25, -0.2) is 0 Å². The molecule has 1 aliphatic heterocycles. The van der Waals surface area contributed by atoms with Crippen molar-refractivity contribution in [2.75, 3.05) is 26.7 Å². The van der Waals surface area contributed by atoms with Crippen LogP contribution in [-0.4, -0.2) is 37.5 Å². The predicted octanol–water partition coefficient (Wildman–Crippen LogP) is 3.13. The van der Waals surface area contributed by atoms with E-state index in [-0.39, 0.29) is 18.3 Å². The maximum atomic E-state index is 12.4. The largest absolute Gasteiger partial charge is 0.339 e. The summed E-state index contributed by atoms with van der Waals surface area (Å²) in [5, 5.41) is 3.23. The van der Waals surface area contributed by atoms with Crippen LogP contribution >= 0.6 is 12.4 Å². The fourth-order valence-electron chi connectivity index (χ4n) is 2.91. The molecule has 118 valence electrons. The zero-order valence-electron chi connectivity index (χ0n) is 13.1. The van der Waals surface area contributed by atoms with Crippen LogP contribution in [0.3, 0.4) is 0 Å². The van der Waals surface area contributed by atoms with E-state index in [1.807, 2.05) is 24.1 Å². The van der Waals surface area contributed by atoms with Gasteiger partial charge in [-0.1, -0.05) is 25.5 Å². The number of nitrogens with one attached hydrogen (secondary N) is 1. The molecule has 1 fully saturated rings. The van der Waals surface area contributed by atoms with Crippen molar-refractivity contribution < 1.29 is 4.79 Å². The minimum Gasteiger partial charge on any atom is -0.339 e. The Kier molecular flexibility index (Phi) is 7.76. The monoisotopic (exact) mass is 310 g/mol. The van der Waals surface area contributed by atoms with E-state index in [1.165, 1.54) is 5.56 Å². The Morgan fingerprint density at radius 3 is 2.38 bits per heavy atom. The highest BCUT2D eigenvalue weighted by Gasteiger charge is 2.23. The Morgan fingerprint density at radius 1 is 1.24 bits per heavy atom. The molecule has 1 N–H and O–H groups in total. The molecule has 21 heavy (non-hydrogen) atoms. The van der Waals surface area contributed by atoms with Gasteiger partial charge < -0.3 is 10.2 Å². The normalized spacial score (nSPS) is 15.6. The number of amides is 1. The number of hydrogen-bond donors (Lipinski definition) is 1. The number of hydrogen-bond acceptors (Lipinski definition) is 2. The highest BCUT2D eigenvalue weighted by Crippen LogP contribution is 2.18. The molecule has 3 nitrogen and oxygen atoms in total. The van der Waals surface area contributed by atoms with E-state index >= 15 is 0 Å². The van der Waals surface area contributed by atoms with Crippen molar-refractivity contribution >= 4 is 18.3 Å². The summed E-state index contributed by atoms with van der Waals surface area (Å²) in [7, 11) is 2.00. The molecule has 2 rings (SSSR count). The summed E-state index contributed by atoms with van der Waals surface area (Å²) in [6.45, 7) is 5.02. The van der Waals surface area contributed by atoms with Gasteiger partial charge in [-0.15, -0.1) is 12.4 Å². The van der Waals surface area contributed by atoms with Crippen LogP contribution in [-0.2, 0) is 6.42 Å². The second-order valence-electron chi connectivity index (χ2n) is 5.74. The van der Waals surface area contributed by atoms with Crippen molar-refractivity contribution in [3.8, 4) is 0 Å². The predicted molar refractivity (Wildman–Crippen MR) is 90.2 cm³/mol. The molecular weight excluding hydrogens is 284 g/mol. The minimum atomic E-state index is 0. The number of halogens is 1. The minimum absolute atomic E-state index is 0. The van der Waals surface area contributed by atoms with Crippen LogP contribution in [0.1, 0.15) is 42.1 Å². The molecule has 1 saturated heterocycles. The van der Waals surface area contributed by atoms with Gasteiger partial charge in [0.1, 0.15) is 0 Å². The first-order valence-electron chi connectivity index (χ1n) is 7.77. The van der Waals surface area contributed by atoms with Gasteiger partial charge in [0.2, 0.25) is 0 Å². The number of nitrogens with zero attached hydrogens (tertiary/aromatic N) is 1. The van der Waals surface area contributed by atoms with Gasteiger partial charge in [-0.3, -0.25) is 4.79 Å². The third kappa shape index (κ3) is 5.01. The van der Waals surface area contributed by atoms with E-state index in [1.54, 1.807) is 0 Å². The van der Waals surface area contributed by atoms with Crippen LogP contribution in [0.15, 0.2) is 24.3 Å².